The van der Waals surface area contributed by atoms with Crippen LogP contribution in [0.2, 0.25) is 0 Å². The van der Waals surface area contributed by atoms with Gasteiger partial charge in [-0.3, -0.25) is 9.89 Å². The zero-order valence-corrected chi connectivity index (χ0v) is 9.71. The van der Waals surface area contributed by atoms with Crippen LogP contribution in [-0.4, -0.2) is 27.0 Å². The molecule has 0 unspecified atom stereocenters. The van der Waals surface area contributed by atoms with E-state index in [4.69, 9.17) is 5.21 Å². The molecule has 3 N–H and O–H groups in total. The fraction of sp³-hybridized carbons (Fsp3) is 0.0833. The molecule has 1 aromatic heterocycles. The van der Waals surface area contributed by atoms with E-state index in [0.29, 0.717) is 22.5 Å². The second-order valence-electron chi connectivity index (χ2n) is 3.67. The molecule has 0 aliphatic rings. The summed E-state index contributed by atoms with van der Waals surface area (Å²) in [5.74, 6) is -0.276. The third kappa shape index (κ3) is 2.37. The van der Waals surface area contributed by atoms with Crippen LogP contribution in [0.3, 0.4) is 0 Å². The molecular weight excluding hydrogens is 232 g/mol. The number of nitrogens with one attached hydrogen (secondary N) is 2. The number of anilines is 1. The molecule has 0 spiro atoms. The van der Waals surface area contributed by atoms with Crippen molar-refractivity contribution >= 4 is 17.3 Å². The average Bonchev–Trinajstić information content (AvgIpc) is 2.92. The van der Waals surface area contributed by atoms with Crippen molar-refractivity contribution in [3.8, 4) is 0 Å². The number of hydrogen-bond acceptors (Lipinski definition) is 4. The number of H-pyrrole nitrogens is 1. The zero-order chi connectivity index (χ0) is 13.0. The first kappa shape index (κ1) is 11.8. The second kappa shape index (κ2) is 5.13. The molecule has 92 valence electrons. The van der Waals surface area contributed by atoms with Crippen LogP contribution in [0.15, 0.2) is 41.8 Å². The maximum Gasteiger partial charge on any atom is 0.258 e. The van der Waals surface area contributed by atoms with Crippen molar-refractivity contribution in [2.24, 2.45) is 5.16 Å². The van der Waals surface area contributed by atoms with Crippen LogP contribution in [-0.2, 0) is 0 Å². The van der Waals surface area contributed by atoms with E-state index in [0.717, 1.165) is 0 Å². The Morgan fingerprint density at radius 1 is 1.44 bits per heavy atom. The molecule has 2 aromatic rings. The van der Waals surface area contributed by atoms with Crippen molar-refractivity contribution in [3.63, 3.8) is 0 Å². The highest BCUT2D eigenvalue weighted by Gasteiger charge is 2.11. The topological polar surface area (TPSA) is 90.4 Å². The van der Waals surface area contributed by atoms with Crippen LogP contribution in [0.25, 0.3) is 0 Å². The van der Waals surface area contributed by atoms with Gasteiger partial charge in [0.2, 0.25) is 0 Å². The van der Waals surface area contributed by atoms with Gasteiger partial charge >= 0.3 is 0 Å². The number of para-hydroxylation sites is 1. The Morgan fingerprint density at radius 2 is 2.22 bits per heavy atom. The van der Waals surface area contributed by atoms with Gasteiger partial charge in [-0.25, -0.2) is 0 Å². The fourth-order valence-corrected chi connectivity index (χ4v) is 1.53. The highest BCUT2D eigenvalue weighted by atomic mass is 16.4. The first-order valence-corrected chi connectivity index (χ1v) is 5.30. The molecule has 1 heterocycles. The van der Waals surface area contributed by atoms with E-state index in [9.17, 15) is 4.79 Å². The summed E-state index contributed by atoms with van der Waals surface area (Å²) < 4.78 is 0. The average molecular weight is 244 g/mol. The number of rotatable bonds is 3. The number of aromatic amines is 1. The summed E-state index contributed by atoms with van der Waals surface area (Å²) in [5.41, 5.74) is 2.11. The quantitative estimate of drug-likeness (QED) is 0.437. The van der Waals surface area contributed by atoms with Crippen molar-refractivity contribution in [2.75, 3.05) is 5.32 Å². The third-order valence-electron chi connectivity index (χ3n) is 2.48. The van der Waals surface area contributed by atoms with Gasteiger partial charge in [-0.05, 0) is 13.0 Å². The molecule has 0 bridgehead atoms. The van der Waals surface area contributed by atoms with E-state index in [1.54, 1.807) is 31.2 Å². The molecule has 0 radical (unpaired) electrons. The van der Waals surface area contributed by atoms with Crippen LogP contribution in [0.5, 0.6) is 0 Å². The molecule has 0 saturated carbocycles. The number of amides is 1. The first-order chi connectivity index (χ1) is 8.72. The Hall–Kier alpha value is -2.63. The standard InChI is InChI=1S/C12H12N4O2/c1-8(16-18)10-4-2-3-5-11(10)15-12(17)9-6-13-14-7-9/h2-7,18H,1H3,(H,13,14)(H,15,17)/b16-8-. The van der Waals surface area contributed by atoms with Crippen LogP contribution in [0.1, 0.15) is 22.8 Å². The molecule has 0 fully saturated rings. The largest absolute Gasteiger partial charge is 0.411 e. The van der Waals surface area contributed by atoms with Crippen molar-refractivity contribution in [1.82, 2.24) is 10.2 Å². The molecule has 0 saturated heterocycles. The van der Waals surface area contributed by atoms with Crippen LogP contribution < -0.4 is 5.32 Å². The molecule has 0 aliphatic heterocycles. The van der Waals surface area contributed by atoms with E-state index >= 15 is 0 Å². The highest BCUT2D eigenvalue weighted by molar-refractivity contribution is 6.10. The summed E-state index contributed by atoms with van der Waals surface area (Å²) in [6, 6.07) is 7.10. The summed E-state index contributed by atoms with van der Waals surface area (Å²) in [4.78, 5) is 11.9. The number of aromatic nitrogens is 2. The minimum Gasteiger partial charge on any atom is -0.411 e. The van der Waals surface area contributed by atoms with Crippen molar-refractivity contribution in [1.29, 1.82) is 0 Å². The Morgan fingerprint density at radius 3 is 2.89 bits per heavy atom. The summed E-state index contributed by atoms with van der Waals surface area (Å²) in [5, 5.41) is 20.9. The molecule has 0 aliphatic carbocycles. The van der Waals surface area contributed by atoms with Gasteiger partial charge in [-0.15, -0.1) is 0 Å². The maximum absolute atomic E-state index is 11.9. The Balaban J connectivity index is 2.27. The normalized spacial score (nSPS) is 11.3. The number of hydrogen-bond donors (Lipinski definition) is 3. The van der Waals surface area contributed by atoms with E-state index in [1.165, 1.54) is 12.4 Å². The Kier molecular flexibility index (Phi) is 3.38. The fourth-order valence-electron chi connectivity index (χ4n) is 1.53. The van der Waals surface area contributed by atoms with Crippen molar-refractivity contribution in [3.05, 3.63) is 47.8 Å². The monoisotopic (exact) mass is 244 g/mol. The van der Waals surface area contributed by atoms with Gasteiger partial charge in [0.15, 0.2) is 0 Å². The van der Waals surface area contributed by atoms with Crippen molar-refractivity contribution in [2.45, 2.75) is 6.92 Å². The van der Waals surface area contributed by atoms with Gasteiger partial charge in [0.25, 0.3) is 5.91 Å². The SMILES string of the molecule is C/C(=N/O)c1ccccc1NC(=O)c1cn[nH]c1. The lowest BCUT2D eigenvalue weighted by Crippen LogP contribution is -2.13. The lowest BCUT2D eigenvalue weighted by atomic mass is 10.1. The molecule has 18 heavy (non-hydrogen) atoms. The molecule has 6 nitrogen and oxygen atoms in total. The van der Waals surface area contributed by atoms with Gasteiger partial charge in [0.05, 0.1) is 23.2 Å². The smallest absolute Gasteiger partial charge is 0.258 e. The zero-order valence-electron chi connectivity index (χ0n) is 9.71. The summed E-state index contributed by atoms with van der Waals surface area (Å²) >= 11 is 0. The molecule has 1 aromatic carbocycles. The van der Waals surface area contributed by atoms with Gasteiger partial charge in [0, 0.05) is 11.8 Å². The van der Waals surface area contributed by atoms with Crippen LogP contribution in [0.4, 0.5) is 5.69 Å². The van der Waals surface area contributed by atoms with E-state index in [-0.39, 0.29) is 5.91 Å². The number of carbonyl (C=O) groups is 1. The number of carbonyl (C=O) groups excluding carboxylic acids is 1. The van der Waals surface area contributed by atoms with Gasteiger partial charge in [-0.2, -0.15) is 5.10 Å². The highest BCUT2D eigenvalue weighted by Crippen LogP contribution is 2.16. The lowest BCUT2D eigenvalue weighted by molar-refractivity contribution is 0.102. The third-order valence-corrected chi connectivity index (χ3v) is 2.48. The number of oxime groups is 1. The van der Waals surface area contributed by atoms with E-state index in [1.807, 2.05) is 0 Å². The Bertz CT molecular complexity index is 576. The summed E-state index contributed by atoms with van der Waals surface area (Å²) in [6.45, 7) is 1.66. The minimum absolute atomic E-state index is 0.276. The van der Waals surface area contributed by atoms with Crippen LogP contribution >= 0.6 is 0 Å². The Labute approximate surface area is 103 Å². The van der Waals surface area contributed by atoms with Gasteiger partial charge in [-0.1, -0.05) is 23.4 Å². The molecule has 0 atom stereocenters. The summed E-state index contributed by atoms with van der Waals surface area (Å²) in [6.07, 6.45) is 2.94. The van der Waals surface area contributed by atoms with Gasteiger partial charge < -0.3 is 10.5 Å². The van der Waals surface area contributed by atoms with Crippen molar-refractivity contribution < 1.29 is 10.0 Å². The van der Waals surface area contributed by atoms with Gasteiger partial charge in [0.1, 0.15) is 0 Å². The number of benzene rings is 1. The lowest BCUT2D eigenvalue weighted by Gasteiger charge is -2.09. The minimum atomic E-state index is -0.276. The molecule has 2 rings (SSSR count). The van der Waals surface area contributed by atoms with E-state index in [2.05, 4.69) is 20.7 Å². The molecule has 1 amide bonds. The predicted molar refractivity (Wildman–Crippen MR) is 67.0 cm³/mol. The van der Waals surface area contributed by atoms with E-state index < -0.39 is 0 Å². The number of nitrogens with zero attached hydrogens (tertiary/aromatic N) is 2. The molecule has 6 heteroatoms. The second-order valence-corrected chi connectivity index (χ2v) is 3.67. The maximum atomic E-state index is 11.9. The predicted octanol–water partition coefficient (Wildman–Crippen LogP) is 1.86. The first-order valence-electron chi connectivity index (χ1n) is 5.30. The molecular formula is C12H12N4O2. The summed E-state index contributed by atoms with van der Waals surface area (Å²) in [7, 11) is 0. The van der Waals surface area contributed by atoms with Crippen LogP contribution in [0, 0.1) is 0 Å².